The number of nitrogens with zero attached hydrogens (tertiary/aromatic N) is 5. The number of fused-ring (bicyclic) bond motifs is 1. The molecule has 67 heavy (non-hydrogen) atoms. The average molecular weight is 999 g/mol. The molecule has 0 saturated carbocycles. The summed E-state index contributed by atoms with van der Waals surface area (Å²) in [6, 6.07) is 17.8. The first-order chi connectivity index (χ1) is 30.3. The van der Waals surface area contributed by atoms with Crippen LogP contribution in [0.25, 0.3) is 6.08 Å². The van der Waals surface area contributed by atoms with Crippen molar-refractivity contribution >= 4 is 99.2 Å². The first-order valence-corrected chi connectivity index (χ1v) is 23.2. The number of anilines is 5. The van der Waals surface area contributed by atoms with E-state index in [9.17, 15) is 48.5 Å². The van der Waals surface area contributed by atoms with E-state index in [1.807, 2.05) is 0 Å². The molecule has 0 atom stereocenters. The number of benzene rings is 4. The molecule has 4 aromatic rings. The van der Waals surface area contributed by atoms with Gasteiger partial charge in [-0.25, -0.2) is 25.3 Å². The largest absolute Gasteiger partial charge is 1.00 e. The fraction of sp³-hybridized carbons (Fsp3) is 0.150. The van der Waals surface area contributed by atoms with E-state index < -0.39 is 79.0 Å². The molecule has 0 saturated heterocycles. The molecule has 4 aromatic carbocycles. The second kappa shape index (κ2) is 24.6. The van der Waals surface area contributed by atoms with Crippen molar-refractivity contribution < 1.29 is 137 Å². The molecule has 0 aromatic heterocycles. The van der Waals surface area contributed by atoms with E-state index in [2.05, 4.69) is 60.7 Å². The van der Waals surface area contributed by atoms with E-state index in [1.165, 1.54) is 36.4 Å². The Balaban J connectivity index is 0.00000397. The fourth-order valence-corrected chi connectivity index (χ4v) is 8.19. The predicted molar refractivity (Wildman–Crippen MR) is 236 cm³/mol. The third-order valence-corrected chi connectivity index (χ3v) is 12.1. The molecule has 2 aliphatic carbocycles. The number of nitrogens with two attached hydrogens (primary N) is 1. The molecule has 0 spiro atoms. The van der Waals surface area contributed by atoms with Gasteiger partial charge in [-0.3, -0.25) is 20.4 Å². The summed E-state index contributed by atoms with van der Waals surface area (Å²) < 4.78 is 111. The molecule has 27 heteroatoms. The number of Topliss-reactive ketones (excluding diaryl/α,β-unsaturated/α-hetero) is 1. The number of para-hydroxylation sites is 1. The molecule has 0 fully saturated rings. The zero-order chi connectivity index (χ0) is 46.4. The van der Waals surface area contributed by atoms with Crippen LogP contribution < -0.4 is 116 Å². The number of nitrogen functional groups attached to an aromatic ring is 1. The monoisotopic (exact) mass is 998 g/mol. The normalized spacial score (nSPS) is 15.0. The summed E-state index contributed by atoms with van der Waals surface area (Å²) in [6.45, 7) is 7.48. The van der Waals surface area contributed by atoms with Crippen LogP contribution in [0.4, 0.5) is 39.8 Å². The van der Waals surface area contributed by atoms with Crippen molar-refractivity contribution in [3.05, 3.63) is 119 Å². The Morgan fingerprint density at radius 2 is 1.30 bits per heavy atom. The molecule has 6 rings (SSSR count). The van der Waals surface area contributed by atoms with Crippen molar-refractivity contribution in [2.75, 3.05) is 48.1 Å². The van der Waals surface area contributed by atoms with Gasteiger partial charge in [0.1, 0.15) is 47.5 Å². The molecule has 0 unspecified atom stereocenters. The SMILES string of the molecule is CCN(CC)CCNC1=CC(=O)/C(=N/Nc2ccc(Nc3ccc(N=Nc4c(S(=O)(=O)[O-])cc5c(c4N)C(=O)/C(=N\Nc4ccccc4)C(S(=O)(=O)[O-])=C5)cc3S(=O)(=O)[O-])cc2)C=C1.[Na+].[Na+].[Na+]. The Labute approximate surface area is 452 Å². The van der Waals surface area contributed by atoms with Crippen LogP contribution in [0.2, 0.25) is 0 Å². The number of allylic oxidation sites excluding steroid dienone is 4. The Morgan fingerprint density at radius 3 is 1.90 bits per heavy atom. The van der Waals surface area contributed by atoms with Crippen LogP contribution in [0, 0.1) is 0 Å². The van der Waals surface area contributed by atoms with Crippen molar-refractivity contribution in [2.45, 2.75) is 23.6 Å². The van der Waals surface area contributed by atoms with Gasteiger partial charge in [-0.1, -0.05) is 32.0 Å². The summed E-state index contributed by atoms with van der Waals surface area (Å²) in [7, 11) is -16.2. The Morgan fingerprint density at radius 1 is 0.687 bits per heavy atom. The third-order valence-electron chi connectivity index (χ3n) is 9.49. The topological polar surface area (TPSA) is 333 Å². The first kappa shape index (κ1) is 57.4. The van der Waals surface area contributed by atoms with E-state index in [1.54, 1.807) is 42.5 Å². The van der Waals surface area contributed by atoms with Crippen LogP contribution in [0.5, 0.6) is 0 Å². The smallest absolute Gasteiger partial charge is 0.744 e. The fourth-order valence-electron chi connectivity index (χ4n) is 6.23. The van der Waals surface area contributed by atoms with Gasteiger partial charge in [-0.05, 0) is 97.5 Å². The Hall–Kier alpha value is -3.93. The number of likely N-dealkylation sites (N-methyl/N-ethyl adjacent to an activating group) is 1. The van der Waals surface area contributed by atoms with E-state index in [0.717, 1.165) is 31.8 Å². The van der Waals surface area contributed by atoms with Gasteiger partial charge in [-0.15, -0.1) is 5.11 Å². The Kier molecular flexibility index (Phi) is 21.0. The maximum Gasteiger partial charge on any atom is 1.00 e. The minimum atomic E-state index is -5.51. The predicted octanol–water partition coefficient (Wildman–Crippen LogP) is -4.48. The average Bonchev–Trinajstić information content (AvgIpc) is 3.24. The molecule has 21 nitrogen and oxygen atoms in total. The number of carbonyl (C=O) groups is 2. The van der Waals surface area contributed by atoms with Crippen LogP contribution >= 0.6 is 0 Å². The van der Waals surface area contributed by atoms with Crippen molar-refractivity contribution in [1.82, 2.24) is 10.2 Å². The number of hydrogen-bond acceptors (Lipinski definition) is 21. The van der Waals surface area contributed by atoms with Gasteiger partial charge in [0.15, 0.2) is 0 Å². The van der Waals surface area contributed by atoms with Crippen molar-refractivity contribution in [3.63, 3.8) is 0 Å². The zero-order valence-corrected chi connectivity index (χ0v) is 45.1. The first-order valence-electron chi connectivity index (χ1n) is 18.9. The van der Waals surface area contributed by atoms with Crippen LogP contribution in [0.15, 0.2) is 138 Å². The third kappa shape index (κ3) is 14.8. The standard InChI is InChI=1S/C40H40N10O11S3.3Na/c1-3-50(4-2)19-18-42-28-14-16-30(32(51)22-28)47-44-27-12-10-25(11-13-27)43-31-17-15-29(23-33(31)62(53,54)55)46-48-38-34(63(56,57)58)20-24-21-35(64(59,60)61)39(40(52)36(24)37(38)41)49-45-26-8-6-5-7-9-26;;;/h5-17,20-23,42-45H,3-4,18-19,41H2,1-2H3,(H,53,54,55)(H,56,57,58)(H,59,60,61);;;/q;3*+1/p-3/b47-30+,48-46?,49-39-;;;. The van der Waals surface area contributed by atoms with Crippen molar-refractivity contribution in [2.24, 2.45) is 20.4 Å². The number of hydrazone groups is 2. The maximum absolute atomic E-state index is 13.7. The summed E-state index contributed by atoms with van der Waals surface area (Å²) >= 11 is 0. The molecular formula is C40H37N10Na3O11S3. The van der Waals surface area contributed by atoms with Gasteiger partial charge in [0.05, 0.1) is 48.7 Å². The molecule has 0 aliphatic heterocycles. The summed E-state index contributed by atoms with van der Waals surface area (Å²) in [5.74, 6) is -1.57. The van der Waals surface area contributed by atoms with Gasteiger partial charge in [0, 0.05) is 30.5 Å². The van der Waals surface area contributed by atoms with Gasteiger partial charge in [0.2, 0.25) is 11.6 Å². The van der Waals surface area contributed by atoms with Crippen LogP contribution in [-0.2, 0) is 35.1 Å². The second-order valence-corrected chi connectivity index (χ2v) is 17.7. The molecule has 0 radical (unpaired) electrons. The summed E-state index contributed by atoms with van der Waals surface area (Å²) in [6.07, 6.45) is 5.39. The maximum atomic E-state index is 13.7. The molecule has 2 aliphatic rings. The van der Waals surface area contributed by atoms with Crippen LogP contribution in [0.3, 0.4) is 0 Å². The number of azo groups is 1. The van der Waals surface area contributed by atoms with E-state index in [4.69, 9.17) is 5.73 Å². The zero-order valence-electron chi connectivity index (χ0n) is 36.7. The van der Waals surface area contributed by atoms with Gasteiger partial charge in [0.25, 0.3) is 0 Å². The number of nitrogens with one attached hydrogen (secondary N) is 4. The van der Waals surface area contributed by atoms with E-state index in [0.29, 0.717) is 35.8 Å². The van der Waals surface area contributed by atoms with Crippen molar-refractivity contribution in [3.8, 4) is 0 Å². The van der Waals surface area contributed by atoms with Gasteiger partial charge < -0.3 is 34.9 Å². The second-order valence-electron chi connectivity index (χ2n) is 13.7. The number of carbonyl (C=O) groups excluding carboxylic acids is 2. The summed E-state index contributed by atoms with van der Waals surface area (Å²) in [5, 5.41) is 21.5. The van der Waals surface area contributed by atoms with E-state index in [-0.39, 0.29) is 117 Å². The minimum absolute atomic E-state index is 0. The summed E-state index contributed by atoms with van der Waals surface area (Å²) in [5.41, 5.74) is 9.06. The van der Waals surface area contributed by atoms with E-state index >= 15 is 0 Å². The van der Waals surface area contributed by atoms with Gasteiger partial charge in [-0.2, -0.15) is 15.3 Å². The number of ketones is 2. The van der Waals surface area contributed by atoms with Crippen LogP contribution in [0.1, 0.15) is 29.8 Å². The molecule has 0 amide bonds. The number of hydrogen-bond donors (Lipinski definition) is 5. The molecular weight excluding hydrogens is 962 g/mol. The molecule has 334 valence electrons. The molecule has 0 bridgehead atoms. The molecule has 6 N–H and O–H groups in total. The molecule has 0 heterocycles. The van der Waals surface area contributed by atoms with Crippen LogP contribution in [-0.4, -0.2) is 93.0 Å². The summed E-state index contributed by atoms with van der Waals surface area (Å²) in [4.78, 5) is 25.5. The Bertz CT molecular complexity index is 3060. The number of rotatable bonds is 17. The van der Waals surface area contributed by atoms with Crippen molar-refractivity contribution in [1.29, 1.82) is 0 Å². The quantitative estimate of drug-likeness (QED) is 0.0166. The minimum Gasteiger partial charge on any atom is -0.744 e. The van der Waals surface area contributed by atoms with Gasteiger partial charge >= 0.3 is 88.7 Å².